The number of amides is 1. The molecule has 1 fully saturated rings. The van der Waals surface area contributed by atoms with Gasteiger partial charge in [0.25, 0.3) is 5.91 Å². The Morgan fingerprint density at radius 2 is 1.66 bits per heavy atom. The Kier molecular flexibility index (Phi) is 6.53. The van der Waals surface area contributed by atoms with Crippen LogP contribution in [0.15, 0.2) is 71.3 Å². The lowest BCUT2D eigenvalue weighted by atomic mass is 10.00. The maximum absolute atomic E-state index is 13.5. The van der Waals surface area contributed by atoms with Crippen LogP contribution in [0.2, 0.25) is 0 Å². The van der Waals surface area contributed by atoms with E-state index in [4.69, 9.17) is 9.52 Å². The van der Waals surface area contributed by atoms with Crippen molar-refractivity contribution in [2.24, 2.45) is 0 Å². The highest BCUT2D eigenvalue weighted by atomic mass is 16.3. The zero-order valence-corrected chi connectivity index (χ0v) is 18.4. The zero-order chi connectivity index (χ0) is 22.7. The van der Waals surface area contributed by atoms with Gasteiger partial charge in [0.1, 0.15) is 12.4 Å². The number of hydrogen-bond acceptors (Lipinski definition) is 5. The van der Waals surface area contributed by atoms with Crippen LogP contribution >= 0.6 is 0 Å². The summed E-state index contributed by atoms with van der Waals surface area (Å²) in [6, 6.07) is 18.7. The largest absolute Gasteiger partial charge is 0.464 e. The number of ketones is 1. The maximum Gasteiger partial charge on any atom is 0.255 e. The average molecular weight is 433 g/mol. The van der Waals surface area contributed by atoms with Gasteiger partial charge in [0, 0.05) is 42.8 Å². The zero-order valence-electron chi connectivity index (χ0n) is 18.4. The van der Waals surface area contributed by atoms with E-state index in [1.807, 2.05) is 53.4 Å². The fourth-order valence-corrected chi connectivity index (χ4v) is 4.56. The van der Waals surface area contributed by atoms with Gasteiger partial charge < -0.3 is 14.4 Å². The molecule has 2 heterocycles. The summed E-state index contributed by atoms with van der Waals surface area (Å²) in [5.74, 6) is 0.431. The Labute approximate surface area is 188 Å². The molecule has 166 valence electrons. The first-order valence-electron chi connectivity index (χ1n) is 10.9. The monoisotopic (exact) mass is 432 g/mol. The molecule has 2 atom stereocenters. The van der Waals surface area contributed by atoms with Crippen LogP contribution in [0.1, 0.15) is 40.1 Å². The summed E-state index contributed by atoms with van der Waals surface area (Å²) in [6.45, 7) is 5.95. The van der Waals surface area contributed by atoms with Gasteiger partial charge >= 0.3 is 0 Å². The normalized spacial score (nSPS) is 19.2. The van der Waals surface area contributed by atoms with Crippen LogP contribution in [0.4, 0.5) is 0 Å². The molecule has 1 aliphatic heterocycles. The minimum atomic E-state index is -0.479. The molecule has 32 heavy (non-hydrogen) atoms. The molecule has 6 heteroatoms. The third-order valence-electron chi connectivity index (χ3n) is 6.00. The van der Waals surface area contributed by atoms with Gasteiger partial charge in [0.05, 0.1) is 11.8 Å². The van der Waals surface area contributed by atoms with Crippen LogP contribution in [-0.2, 0) is 6.54 Å². The van der Waals surface area contributed by atoms with Gasteiger partial charge in [-0.25, -0.2) is 0 Å². The van der Waals surface area contributed by atoms with Crippen molar-refractivity contribution >= 4 is 11.7 Å². The quantitative estimate of drug-likeness (QED) is 0.599. The van der Waals surface area contributed by atoms with Crippen LogP contribution in [0.5, 0.6) is 0 Å². The van der Waals surface area contributed by atoms with Gasteiger partial charge in [-0.2, -0.15) is 0 Å². The summed E-state index contributed by atoms with van der Waals surface area (Å²) in [7, 11) is 0. The molecule has 0 bridgehead atoms. The number of carbonyl (C=O) groups excluding carboxylic acids is 2. The molecular formula is C26H28N2O4. The number of piperazine rings is 1. The predicted octanol–water partition coefficient (Wildman–Crippen LogP) is 3.86. The van der Waals surface area contributed by atoms with Crippen LogP contribution < -0.4 is 0 Å². The molecule has 1 amide bonds. The molecule has 3 aromatic rings. The standard InChI is InChI=1S/C26H28N2O4/c1-18-14-27(16-20-9-11-21(12-10-20)24(30)17-29)15-19(2)28(18)26(31)23-7-4-3-6-22(23)25-8-5-13-32-25/h3-13,18-19,29H,14-17H2,1-2H3/t18-,19+. The van der Waals surface area contributed by atoms with Crippen molar-refractivity contribution in [2.45, 2.75) is 32.5 Å². The predicted molar refractivity (Wildman–Crippen MR) is 122 cm³/mol. The fraction of sp³-hybridized carbons (Fsp3) is 0.308. The first-order chi connectivity index (χ1) is 15.5. The minimum Gasteiger partial charge on any atom is -0.464 e. The number of carbonyl (C=O) groups is 2. The molecule has 1 aromatic heterocycles. The molecule has 6 nitrogen and oxygen atoms in total. The van der Waals surface area contributed by atoms with Crippen molar-refractivity contribution in [3.8, 4) is 11.3 Å². The Morgan fingerprint density at radius 1 is 0.969 bits per heavy atom. The molecule has 1 saturated heterocycles. The summed E-state index contributed by atoms with van der Waals surface area (Å²) < 4.78 is 5.55. The number of Topliss-reactive ketones (excluding diaryl/α,β-unsaturated/α-hetero) is 1. The third kappa shape index (κ3) is 4.52. The van der Waals surface area contributed by atoms with Crippen LogP contribution in [0.25, 0.3) is 11.3 Å². The van der Waals surface area contributed by atoms with Gasteiger partial charge in [-0.15, -0.1) is 0 Å². The molecule has 0 radical (unpaired) electrons. The summed E-state index contributed by atoms with van der Waals surface area (Å²) in [6.07, 6.45) is 1.62. The number of rotatable bonds is 6. The lowest BCUT2D eigenvalue weighted by Gasteiger charge is -2.44. The van der Waals surface area contributed by atoms with E-state index in [0.29, 0.717) is 16.9 Å². The van der Waals surface area contributed by atoms with Gasteiger partial charge in [-0.05, 0) is 37.6 Å². The molecule has 4 rings (SSSR count). The first kappa shape index (κ1) is 22.0. The highest BCUT2D eigenvalue weighted by molar-refractivity contribution is 6.00. The number of hydrogen-bond donors (Lipinski definition) is 1. The van der Waals surface area contributed by atoms with E-state index in [9.17, 15) is 9.59 Å². The average Bonchev–Trinajstić information content (AvgIpc) is 3.33. The van der Waals surface area contributed by atoms with E-state index < -0.39 is 6.61 Å². The molecule has 0 spiro atoms. The van der Waals surface area contributed by atoms with Gasteiger partial charge in [0.15, 0.2) is 5.78 Å². The van der Waals surface area contributed by atoms with Crippen molar-refractivity contribution < 1.29 is 19.1 Å². The summed E-state index contributed by atoms with van der Waals surface area (Å²) >= 11 is 0. The second-order valence-electron chi connectivity index (χ2n) is 8.41. The smallest absolute Gasteiger partial charge is 0.255 e. The van der Waals surface area contributed by atoms with E-state index in [1.165, 1.54) is 0 Å². The lowest BCUT2D eigenvalue weighted by Crippen LogP contribution is -2.58. The molecule has 1 aliphatic rings. The van der Waals surface area contributed by atoms with Gasteiger partial charge in [0.2, 0.25) is 0 Å². The molecule has 1 N–H and O–H groups in total. The molecule has 0 saturated carbocycles. The molecular weight excluding hydrogens is 404 g/mol. The topological polar surface area (TPSA) is 74.0 Å². The van der Waals surface area contributed by atoms with Crippen LogP contribution in [-0.4, -0.2) is 58.4 Å². The summed E-state index contributed by atoms with van der Waals surface area (Å²) in [5, 5.41) is 9.00. The third-order valence-corrected chi connectivity index (χ3v) is 6.00. The Bertz CT molecular complexity index is 1060. The Balaban J connectivity index is 1.47. The number of aliphatic hydroxyl groups excluding tert-OH is 1. The lowest BCUT2D eigenvalue weighted by molar-refractivity contribution is 0.0269. The van der Waals surface area contributed by atoms with Crippen molar-refractivity contribution in [1.29, 1.82) is 0 Å². The molecule has 2 aromatic carbocycles. The first-order valence-corrected chi connectivity index (χ1v) is 10.9. The highest BCUT2D eigenvalue weighted by Gasteiger charge is 2.34. The van der Waals surface area contributed by atoms with E-state index in [0.717, 1.165) is 30.8 Å². The van der Waals surface area contributed by atoms with Crippen molar-refractivity contribution in [3.63, 3.8) is 0 Å². The van der Waals surface area contributed by atoms with E-state index in [2.05, 4.69) is 18.7 Å². The summed E-state index contributed by atoms with van der Waals surface area (Å²) in [4.78, 5) is 29.5. The van der Waals surface area contributed by atoms with Gasteiger partial charge in [-0.3, -0.25) is 14.5 Å². The van der Waals surface area contributed by atoms with E-state index in [1.54, 1.807) is 18.4 Å². The Hall–Kier alpha value is -3.22. The van der Waals surface area contributed by atoms with Crippen LogP contribution in [0, 0.1) is 0 Å². The summed E-state index contributed by atoms with van der Waals surface area (Å²) in [5.41, 5.74) is 3.08. The molecule has 0 aliphatic carbocycles. The van der Waals surface area contributed by atoms with Crippen molar-refractivity contribution in [1.82, 2.24) is 9.80 Å². The Morgan fingerprint density at radius 3 is 2.28 bits per heavy atom. The highest BCUT2D eigenvalue weighted by Crippen LogP contribution is 2.28. The minimum absolute atomic E-state index is 0.0171. The number of aliphatic hydroxyl groups is 1. The second-order valence-corrected chi connectivity index (χ2v) is 8.41. The number of furan rings is 1. The molecule has 0 unspecified atom stereocenters. The van der Waals surface area contributed by atoms with E-state index in [-0.39, 0.29) is 23.8 Å². The van der Waals surface area contributed by atoms with Crippen molar-refractivity contribution in [2.75, 3.05) is 19.7 Å². The second kappa shape index (κ2) is 9.51. The number of benzene rings is 2. The van der Waals surface area contributed by atoms with Crippen LogP contribution in [0.3, 0.4) is 0 Å². The number of nitrogens with zero attached hydrogens (tertiary/aromatic N) is 2. The van der Waals surface area contributed by atoms with Crippen molar-refractivity contribution in [3.05, 3.63) is 83.6 Å². The van der Waals surface area contributed by atoms with Gasteiger partial charge in [-0.1, -0.05) is 42.5 Å². The SMILES string of the molecule is C[C@@H]1CN(Cc2ccc(C(=O)CO)cc2)C[C@H](C)N1C(=O)c1ccccc1-c1ccco1. The maximum atomic E-state index is 13.5. The van der Waals surface area contributed by atoms with E-state index >= 15 is 0 Å². The fourth-order valence-electron chi connectivity index (χ4n) is 4.56.